The van der Waals surface area contributed by atoms with Crippen LogP contribution in [0.4, 0.5) is 17.1 Å². The number of hydrogen-bond donors (Lipinski definition) is 0. The molecule has 0 N–H and O–H groups in total. The van der Waals surface area contributed by atoms with Gasteiger partial charge in [-0.3, -0.25) is 0 Å². The number of benzene rings is 10. The van der Waals surface area contributed by atoms with Gasteiger partial charge in [0, 0.05) is 38.7 Å². The number of rotatable bonds is 8. The average molecular weight is 819 g/mol. The molecule has 0 amide bonds. The largest absolute Gasteiger partial charge is 0.455 e. The van der Waals surface area contributed by atoms with Gasteiger partial charge >= 0.3 is 0 Å². The van der Waals surface area contributed by atoms with Crippen LogP contribution in [0.15, 0.2) is 241 Å². The van der Waals surface area contributed by atoms with Gasteiger partial charge in [0.25, 0.3) is 0 Å². The molecular formula is C61H42N2O. The van der Waals surface area contributed by atoms with Crippen molar-refractivity contribution in [2.24, 2.45) is 0 Å². The summed E-state index contributed by atoms with van der Waals surface area (Å²) < 4.78 is 9.41. The minimum Gasteiger partial charge on any atom is -0.455 e. The van der Waals surface area contributed by atoms with Crippen LogP contribution < -0.4 is 4.90 Å². The van der Waals surface area contributed by atoms with Crippen LogP contribution >= 0.6 is 0 Å². The van der Waals surface area contributed by atoms with Crippen molar-refractivity contribution in [3.63, 3.8) is 0 Å². The van der Waals surface area contributed by atoms with Crippen LogP contribution in [0.25, 0.3) is 93.9 Å². The number of furan rings is 1. The fourth-order valence-corrected chi connectivity index (χ4v) is 9.76. The lowest BCUT2D eigenvalue weighted by Crippen LogP contribution is -2.12. The zero-order valence-corrected chi connectivity index (χ0v) is 35.3. The monoisotopic (exact) mass is 818 g/mol. The maximum atomic E-state index is 7.03. The van der Waals surface area contributed by atoms with Gasteiger partial charge < -0.3 is 13.9 Å². The third kappa shape index (κ3) is 6.29. The third-order valence-corrected chi connectivity index (χ3v) is 12.7. The van der Waals surface area contributed by atoms with E-state index in [9.17, 15) is 0 Å². The molecule has 0 spiro atoms. The van der Waals surface area contributed by atoms with Crippen molar-refractivity contribution in [2.75, 3.05) is 4.90 Å². The number of para-hydroxylation sites is 3. The highest BCUT2D eigenvalue weighted by molar-refractivity contribution is 6.18. The molecule has 0 saturated carbocycles. The minimum absolute atomic E-state index is 0.850. The lowest BCUT2D eigenvalue weighted by atomic mass is 9.94. The molecule has 3 heteroatoms. The van der Waals surface area contributed by atoms with Gasteiger partial charge in [-0.1, -0.05) is 170 Å². The lowest BCUT2D eigenvalue weighted by molar-refractivity contribution is 0.670. The zero-order valence-electron chi connectivity index (χ0n) is 35.3. The van der Waals surface area contributed by atoms with Gasteiger partial charge in [0.1, 0.15) is 11.2 Å². The van der Waals surface area contributed by atoms with Gasteiger partial charge in [0.05, 0.1) is 27.8 Å². The summed E-state index contributed by atoms with van der Waals surface area (Å²) in [6, 6.07) is 85.1. The third-order valence-electron chi connectivity index (χ3n) is 12.7. The van der Waals surface area contributed by atoms with Crippen molar-refractivity contribution in [2.45, 2.75) is 6.92 Å². The van der Waals surface area contributed by atoms with Crippen molar-refractivity contribution in [3.05, 3.63) is 242 Å². The second-order valence-electron chi connectivity index (χ2n) is 16.5. The second kappa shape index (κ2) is 15.5. The maximum absolute atomic E-state index is 7.03. The van der Waals surface area contributed by atoms with Crippen LogP contribution in [0.2, 0.25) is 0 Å². The molecule has 3 nitrogen and oxygen atoms in total. The molecule has 10 aromatic carbocycles. The Balaban J connectivity index is 1.11. The zero-order chi connectivity index (χ0) is 42.6. The van der Waals surface area contributed by atoms with Crippen LogP contribution in [-0.2, 0) is 0 Å². The normalized spacial score (nSPS) is 11.5. The van der Waals surface area contributed by atoms with E-state index in [1.165, 1.54) is 44.1 Å². The van der Waals surface area contributed by atoms with E-state index in [4.69, 9.17) is 4.42 Å². The van der Waals surface area contributed by atoms with Crippen molar-refractivity contribution < 1.29 is 4.42 Å². The summed E-state index contributed by atoms with van der Waals surface area (Å²) in [4.78, 5) is 2.45. The number of anilines is 3. The molecule has 0 fully saturated rings. The maximum Gasteiger partial charge on any atom is 0.145 e. The Hall–Kier alpha value is -8.40. The Morgan fingerprint density at radius 3 is 1.62 bits per heavy atom. The van der Waals surface area contributed by atoms with E-state index >= 15 is 0 Å². The summed E-state index contributed by atoms with van der Waals surface area (Å²) >= 11 is 0. The fraction of sp³-hybridized carbons (Fsp3) is 0.0164. The molecule has 12 aromatic rings. The van der Waals surface area contributed by atoms with Crippen molar-refractivity contribution in [3.8, 4) is 50.2 Å². The van der Waals surface area contributed by atoms with Gasteiger partial charge in [-0.05, 0) is 113 Å². The van der Waals surface area contributed by atoms with E-state index < -0.39 is 0 Å². The van der Waals surface area contributed by atoms with Crippen molar-refractivity contribution in [1.29, 1.82) is 0 Å². The molecule has 302 valence electrons. The van der Waals surface area contributed by atoms with Crippen LogP contribution in [0.3, 0.4) is 0 Å². The van der Waals surface area contributed by atoms with Gasteiger partial charge in [-0.25, -0.2) is 0 Å². The van der Waals surface area contributed by atoms with E-state index in [1.54, 1.807) is 0 Å². The summed E-state index contributed by atoms with van der Waals surface area (Å²) in [5.41, 5.74) is 18.7. The number of fused-ring (bicyclic) bond motifs is 6. The topological polar surface area (TPSA) is 21.3 Å². The van der Waals surface area contributed by atoms with E-state index in [2.05, 4.69) is 253 Å². The lowest BCUT2D eigenvalue weighted by Gasteiger charge is -2.30. The molecule has 64 heavy (non-hydrogen) atoms. The number of nitrogens with zero attached hydrogens (tertiary/aromatic N) is 2. The molecular weight excluding hydrogens is 777 g/mol. The van der Waals surface area contributed by atoms with Crippen LogP contribution in [-0.4, -0.2) is 4.57 Å². The summed E-state index contributed by atoms with van der Waals surface area (Å²) in [6.07, 6.45) is 0. The first-order valence-corrected chi connectivity index (χ1v) is 21.9. The van der Waals surface area contributed by atoms with Gasteiger partial charge in [-0.2, -0.15) is 0 Å². The molecule has 0 saturated heterocycles. The van der Waals surface area contributed by atoms with Gasteiger partial charge in [-0.15, -0.1) is 0 Å². The standard InChI is InChI=1S/C61H42N2O/c1-41-38-48(33-34-49(41)43-20-7-3-8-21-43)63(57-36-32-45(42-18-5-2-6-19-42)40-54(57)44-22-9-4-10-23-44)58-37-35-50(61-60(58)53-28-13-16-31-59(53)64-61)46-24-17-25-47(39-46)62-55-29-14-11-26-51(55)52-27-12-15-30-56(52)62/h2-40H,1H3. The predicted octanol–water partition coefficient (Wildman–Crippen LogP) is 17.1. The number of hydrogen-bond acceptors (Lipinski definition) is 2. The SMILES string of the molecule is Cc1cc(N(c2ccc(-c3ccccc3)cc2-c2ccccc2)c2ccc(-c3cccc(-n4c5ccccc5c5ccccc54)c3)c3oc4ccccc4c23)ccc1-c1ccccc1. The summed E-state index contributed by atoms with van der Waals surface area (Å²) in [5.74, 6) is 0. The van der Waals surface area contributed by atoms with Crippen LogP contribution in [0, 0.1) is 6.92 Å². The van der Waals surface area contributed by atoms with E-state index in [1.807, 2.05) is 0 Å². The summed E-state index contributed by atoms with van der Waals surface area (Å²) in [5, 5.41) is 4.61. The summed E-state index contributed by atoms with van der Waals surface area (Å²) in [6.45, 7) is 2.22. The molecule has 2 aromatic heterocycles. The number of aromatic nitrogens is 1. The first kappa shape index (κ1) is 37.4. The van der Waals surface area contributed by atoms with E-state index in [0.717, 1.165) is 72.5 Å². The molecule has 0 aliphatic heterocycles. The number of aryl methyl sites for hydroxylation is 1. The summed E-state index contributed by atoms with van der Waals surface area (Å²) in [7, 11) is 0. The van der Waals surface area contributed by atoms with Gasteiger partial charge in [0.15, 0.2) is 0 Å². The van der Waals surface area contributed by atoms with Crippen LogP contribution in [0.1, 0.15) is 5.56 Å². The molecule has 0 aliphatic carbocycles. The van der Waals surface area contributed by atoms with Crippen molar-refractivity contribution in [1.82, 2.24) is 4.57 Å². The average Bonchev–Trinajstić information content (AvgIpc) is 3.92. The smallest absolute Gasteiger partial charge is 0.145 e. The Bertz CT molecular complexity index is 3620. The quantitative estimate of drug-likeness (QED) is 0.152. The molecule has 0 bridgehead atoms. The highest BCUT2D eigenvalue weighted by Crippen LogP contribution is 2.49. The second-order valence-corrected chi connectivity index (χ2v) is 16.5. The fourth-order valence-electron chi connectivity index (χ4n) is 9.76. The van der Waals surface area contributed by atoms with Gasteiger partial charge in [0.2, 0.25) is 0 Å². The molecule has 12 rings (SSSR count). The Morgan fingerprint density at radius 2 is 0.938 bits per heavy atom. The van der Waals surface area contributed by atoms with Crippen LogP contribution in [0.5, 0.6) is 0 Å². The molecule has 0 unspecified atom stereocenters. The Morgan fingerprint density at radius 1 is 0.375 bits per heavy atom. The Labute approximate surface area is 372 Å². The highest BCUT2D eigenvalue weighted by atomic mass is 16.3. The molecule has 2 heterocycles. The predicted molar refractivity (Wildman–Crippen MR) is 269 cm³/mol. The molecule has 0 aliphatic rings. The first-order chi connectivity index (χ1) is 31.7. The highest BCUT2D eigenvalue weighted by Gasteiger charge is 2.25. The van der Waals surface area contributed by atoms with E-state index in [-0.39, 0.29) is 0 Å². The minimum atomic E-state index is 0.850. The van der Waals surface area contributed by atoms with E-state index in [0.29, 0.717) is 0 Å². The first-order valence-electron chi connectivity index (χ1n) is 21.9. The molecule has 0 radical (unpaired) electrons. The van der Waals surface area contributed by atoms with Crippen molar-refractivity contribution >= 4 is 60.8 Å². The molecule has 0 atom stereocenters. The Kier molecular flexibility index (Phi) is 9.05.